The Labute approximate surface area is 171 Å². The second-order valence-corrected chi connectivity index (χ2v) is 6.46. The van der Waals surface area contributed by atoms with E-state index in [9.17, 15) is 9.59 Å². The number of nitrogens with one attached hydrogen (secondary N) is 2. The molecule has 0 aliphatic carbocycles. The molecule has 3 aromatic heterocycles. The maximum Gasteiger partial charge on any atom is 0.272 e. The molecule has 148 valence electrons. The van der Waals surface area contributed by atoms with Gasteiger partial charge in [0.2, 0.25) is 0 Å². The molecular weight excluding hydrogens is 380 g/mol. The summed E-state index contributed by atoms with van der Waals surface area (Å²) in [5.74, 6) is 0.577. The van der Waals surface area contributed by atoms with Crippen molar-refractivity contribution < 1.29 is 4.74 Å². The van der Waals surface area contributed by atoms with Crippen molar-refractivity contribution in [1.82, 2.24) is 19.9 Å². The second kappa shape index (κ2) is 8.83. The maximum atomic E-state index is 12.4. The van der Waals surface area contributed by atoms with Gasteiger partial charge in [-0.25, -0.2) is 0 Å². The van der Waals surface area contributed by atoms with Crippen LogP contribution in [0, 0.1) is 0 Å². The first-order valence-electron chi connectivity index (χ1n) is 9.27. The van der Waals surface area contributed by atoms with E-state index in [1.165, 1.54) is 6.08 Å². The molecule has 0 atom stereocenters. The van der Waals surface area contributed by atoms with Crippen molar-refractivity contribution in [1.29, 1.82) is 0 Å². The molecule has 30 heavy (non-hydrogen) atoms. The van der Waals surface area contributed by atoms with E-state index in [0.29, 0.717) is 18.1 Å². The number of aromatic amines is 2. The number of aromatic nitrogens is 4. The summed E-state index contributed by atoms with van der Waals surface area (Å²) in [4.78, 5) is 38.4. The number of hydrogen-bond donors (Lipinski definition) is 2. The van der Waals surface area contributed by atoms with Gasteiger partial charge in [0.05, 0.1) is 17.6 Å². The number of ether oxygens (including phenoxy) is 1. The normalized spacial score (nSPS) is 12.1. The van der Waals surface area contributed by atoms with Crippen LogP contribution in [0.5, 0.6) is 5.75 Å². The van der Waals surface area contributed by atoms with Crippen LogP contribution in [-0.2, 0) is 6.61 Å². The van der Waals surface area contributed by atoms with Crippen molar-refractivity contribution in [3.63, 3.8) is 0 Å². The summed E-state index contributed by atoms with van der Waals surface area (Å²) in [5, 5.41) is 0.314. The fraction of sp³-hybridized carbons (Fsp3) is 0.0435. The van der Waals surface area contributed by atoms with Crippen LogP contribution < -0.4 is 26.6 Å². The molecule has 0 fully saturated rings. The van der Waals surface area contributed by atoms with E-state index < -0.39 is 5.56 Å². The monoisotopic (exact) mass is 398 g/mol. The molecule has 3 heterocycles. The van der Waals surface area contributed by atoms with Gasteiger partial charge >= 0.3 is 0 Å². The van der Waals surface area contributed by atoms with Crippen LogP contribution in [0.25, 0.3) is 12.2 Å². The lowest BCUT2D eigenvalue weighted by Crippen LogP contribution is -2.46. The highest BCUT2D eigenvalue weighted by atomic mass is 16.5. The SMILES string of the molecule is O=c1[nH]c(=Cc2ccc(OCc3ccccn3)cn2)c(=O)[nH]c1=Cc1ccccc1. The molecule has 7 heteroatoms. The van der Waals surface area contributed by atoms with Gasteiger partial charge < -0.3 is 14.7 Å². The van der Waals surface area contributed by atoms with Crippen LogP contribution in [0.1, 0.15) is 17.0 Å². The molecular formula is C23H18N4O3. The van der Waals surface area contributed by atoms with Crippen molar-refractivity contribution in [3.05, 3.63) is 121 Å². The van der Waals surface area contributed by atoms with Gasteiger partial charge in [0.15, 0.2) is 0 Å². The van der Waals surface area contributed by atoms with Gasteiger partial charge in [-0.05, 0) is 42.0 Å². The third kappa shape index (κ3) is 4.77. The summed E-state index contributed by atoms with van der Waals surface area (Å²) >= 11 is 0. The smallest absolute Gasteiger partial charge is 0.272 e. The van der Waals surface area contributed by atoms with E-state index in [0.717, 1.165) is 11.3 Å². The average molecular weight is 398 g/mol. The van der Waals surface area contributed by atoms with Crippen molar-refractivity contribution in [2.24, 2.45) is 0 Å². The Balaban J connectivity index is 1.56. The molecule has 0 amide bonds. The third-order valence-electron chi connectivity index (χ3n) is 4.26. The molecule has 1 aromatic carbocycles. The molecule has 0 saturated carbocycles. The van der Waals surface area contributed by atoms with Crippen LogP contribution >= 0.6 is 0 Å². The van der Waals surface area contributed by atoms with Gasteiger partial charge in [0.1, 0.15) is 23.1 Å². The standard InChI is InChI=1S/C23H18N4O3/c28-22-20(12-16-6-2-1-3-7-16)26-23(29)21(27-22)13-17-9-10-19(14-25-17)30-15-18-8-4-5-11-24-18/h1-14H,15H2,(H,26,29)(H,27,28). The van der Waals surface area contributed by atoms with E-state index >= 15 is 0 Å². The van der Waals surface area contributed by atoms with Crippen molar-refractivity contribution >= 4 is 12.2 Å². The number of pyridine rings is 2. The van der Waals surface area contributed by atoms with Gasteiger partial charge in [0, 0.05) is 6.20 Å². The largest absolute Gasteiger partial charge is 0.486 e. The van der Waals surface area contributed by atoms with Gasteiger partial charge in [0.25, 0.3) is 11.1 Å². The first kappa shape index (κ1) is 19.1. The Morgan fingerprint density at radius 1 is 0.800 bits per heavy atom. The van der Waals surface area contributed by atoms with Crippen LogP contribution in [0.2, 0.25) is 0 Å². The fourth-order valence-corrected chi connectivity index (χ4v) is 2.76. The summed E-state index contributed by atoms with van der Waals surface area (Å²) in [6, 6.07) is 18.3. The third-order valence-corrected chi connectivity index (χ3v) is 4.26. The highest BCUT2D eigenvalue weighted by Gasteiger charge is 2.00. The number of nitrogens with zero attached hydrogens (tertiary/aromatic N) is 2. The molecule has 0 saturated heterocycles. The molecule has 0 bridgehead atoms. The van der Waals surface area contributed by atoms with Crippen molar-refractivity contribution in [2.75, 3.05) is 0 Å². The molecule has 7 nitrogen and oxygen atoms in total. The topological polar surface area (TPSA) is 101 Å². The zero-order chi connectivity index (χ0) is 20.8. The minimum absolute atomic E-state index is 0.125. The zero-order valence-corrected chi connectivity index (χ0v) is 15.9. The predicted molar refractivity (Wildman–Crippen MR) is 113 cm³/mol. The number of hydrogen-bond acceptors (Lipinski definition) is 5. The molecule has 2 N–H and O–H groups in total. The lowest BCUT2D eigenvalue weighted by atomic mass is 10.2. The van der Waals surface area contributed by atoms with Crippen LogP contribution in [0.15, 0.2) is 82.6 Å². The van der Waals surface area contributed by atoms with Crippen LogP contribution in [0.3, 0.4) is 0 Å². The Bertz CT molecular complexity index is 1360. The lowest BCUT2D eigenvalue weighted by molar-refractivity contribution is 0.300. The van der Waals surface area contributed by atoms with Crippen molar-refractivity contribution in [3.8, 4) is 5.75 Å². The highest BCUT2D eigenvalue weighted by molar-refractivity contribution is 5.48. The van der Waals surface area contributed by atoms with E-state index in [1.807, 2.05) is 48.5 Å². The lowest BCUT2D eigenvalue weighted by Gasteiger charge is -2.05. The molecule has 4 aromatic rings. The Morgan fingerprint density at radius 2 is 1.53 bits per heavy atom. The van der Waals surface area contributed by atoms with Crippen LogP contribution in [-0.4, -0.2) is 19.9 Å². The first-order chi connectivity index (χ1) is 14.7. The molecule has 0 radical (unpaired) electrons. The molecule has 0 aliphatic rings. The van der Waals surface area contributed by atoms with Crippen molar-refractivity contribution in [2.45, 2.75) is 6.61 Å². The predicted octanol–water partition coefficient (Wildman–Crippen LogP) is 1.09. The van der Waals surface area contributed by atoms with Gasteiger partial charge in [-0.3, -0.25) is 19.6 Å². The van der Waals surface area contributed by atoms with Gasteiger partial charge in [-0.1, -0.05) is 36.4 Å². The zero-order valence-electron chi connectivity index (χ0n) is 15.9. The minimum Gasteiger partial charge on any atom is -0.486 e. The fourth-order valence-electron chi connectivity index (χ4n) is 2.76. The Hall–Kier alpha value is -4.26. The number of rotatable bonds is 5. The van der Waals surface area contributed by atoms with Gasteiger partial charge in [-0.15, -0.1) is 0 Å². The molecule has 0 spiro atoms. The maximum absolute atomic E-state index is 12.4. The second-order valence-electron chi connectivity index (χ2n) is 6.46. The van der Waals surface area contributed by atoms with E-state index in [4.69, 9.17) is 4.74 Å². The Morgan fingerprint density at radius 3 is 2.20 bits per heavy atom. The summed E-state index contributed by atoms with van der Waals surface area (Å²) in [6.45, 7) is 0.331. The number of benzene rings is 1. The molecule has 0 unspecified atom stereocenters. The summed E-state index contributed by atoms with van der Waals surface area (Å²) in [6.07, 6.45) is 6.39. The van der Waals surface area contributed by atoms with E-state index in [2.05, 4.69) is 19.9 Å². The summed E-state index contributed by atoms with van der Waals surface area (Å²) in [5.41, 5.74) is 1.35. The Kier molecular flexibility index (Phi) is 5.61. The van der Waals surface area contributed by atoms with E-state index in [-0.39, 0.29) is 16.3 Å². The minimum atomic E-state index is -0.408. The quantitative estimate of drug-likeness (QED) is 0.524. The molecule has 0 aliphatic heterocycles. The van der Waals surface area contributed by atoms with Crippen LogP contribution in [0.4, 0.5) is 0 Å². The molecule has 4 rings (SSSR count). The van der Waals surface area contributed by atoms with Gasteiger partial charge in [-0.2, -0.15) is 0 Å². The number of H-pyrrole nitrogens is 2. The highest BCUT2D eigenvalue weighted by Crippen LogP contribution is 2.11. The average Bonchev–Trinajstić information content (AvgIpc) is 2.78. The summed E-state index contributed by atoms with van der Waals surface area (Å²) < 4.78 is 5.64. The first-order valence-corrected chi connectivity index (χ1v) is 9.27. The summed E-state index contributed by atoms with van der Waals surface area (Å²) in [7, 11) is 0. The van der Waals surface area contributed by atoms with E-state index in [1.54, 1.807) is 30.6 Å².